The number of fused-ring (bicyclic) bond motifs is 1. The van der Waals surface area contributed by atoms with Gasteiger partial charge in [0.15, 0.2) is 5.13 Å². The average molecular weight is 455 g/mol. The molecule has 0 radical (unpaired) electrons. The second kappa shape index (κ2) is 8.45. The number of amides is 1. The van der Waals surface area contributed by atoms with Crippen LogP contribution in [0.1, 0.15) is 34.4 Å². The molecule has 0 saturated heterocycles. The predicted molar refractivity (Wildman–Crippen MR) is 127 cm³/mol. The van der Waals surface area contributed by atoms with Gasteiger partial charge < -0.3 is 0 Å². The van der Waals surface area contributed by atoms with E-state index in [1.54, 1.807) is 34.9 Å². The van der Waals surface area contributed by atoms with E-state index in [4.69, 9.17) is 4.98 Å². The Balaban J connectivity index is 1.60. The van der Waals surface area contributed by atoms with Gasteiger partial charge in [-0.3, -0.25) is 9.69 Å². The van der Waals surface area contributed by atoms with E-state index in [1.165, 1.54) is 21.8 Å². The number of carbonyl (C=O) groups excluding carboxylic acids is 1. The zero-order valence-corrected chi connectivity index (χ0v) is 20.0. The maximum absolute atomic E-state index is 12.3. The summed E-state index contributed by atoms with van der Waals surface area (Å²) in [6.45, 7) is 9.77. The lowest BCUT2D eigenvalue weighted by Gasteiger charge is -2.18. The zero-order valence-electron chi connectivity index (χ0n) is 17.5. The lowest BCUT2D eigenvalue weighted by molar-refractivity contribution is -0.115. The largest absolute Gasteiger partial charge is 0.274 e. The molecule has 4 rings (SSSR count). The second-order valence-electron chi connectivity index (χ2n) is 7.14. The Morgan fingerprint density at radius 3 is 2.67 bits per heavy atom. The van der Waals surface area contributed by atoms with Gasteiger partial charge in [-0.25, -0.2) is 15.0 Å². The standard InChI is InChI=1S/C22H22N4OS3/c1-12-7-6-8-18(9-12)26(16(5)27)22-25-17(11-29-22)10-28-20-19-13(2)14(3)30-21(19)24-15(4)23-20/h6-9,11H,10H2,1-5H3. The Kier molecular flexibility index (Phi) is 5.90. The molecular weight excluding hydrogens is 432 g/mol. The zero-order chi connectivity index (χ0) is 21.4. The minimum Gasteiger partial charge on any atom is -0.274 e. The summed E-state index contributed by atoms with van der Waals surface area (Å²) in [4.78, 5) is 30.4. The Bertz CT molecular complexity index is 1240. The molecule has 0 spiro atoms. The first kappa shape index (κ1) is 21.0. The summed E-state index contributed by atoms with van der Waals surface area (Å²) in [5, 5.41) is 4.85. The summed E-state index contributed by atoms with van der Waals surface area (Å²) in [5.74, 6) is 1.43. The van der Waals surface area contributed by atoms with Gasteiger partial charge in [0.1, 0.15) is 15.7 Å². The molecule has 0 aliphatic heterocycles. The van der Waals surface area contributed by atoms with E-state index in [-0.39, 0.29) is 5.91 Å². The molecule has 5 nitrogen and oxygen atoms in total. The molecule has 3 aromatic heterocycles. The van der Waals surface area contributed by atoms with Gasteiger partial charge in [-0.15, -0.1) is 22.7 Å². The highest BCUT2D eigenvalue weighted by atomic mass is 32.2. The van der Waals surface area contributed by atoms with Crippen LogP contribution < -0.4 is 4.90 Å². The molecule has 0 saturated carbocycles. The average Bonchev–Trinajstić information content (AvgIpc) is 3.24. The molecule has 0 bridgehead atoms. The fraction of sp³-hybridized carbons (Fsp3) is 0.273. The van der Waals surface area contributed by atoms with Crippen LogP contribution in [0, 0.1) is 27.7 Å². The van der Waals surface area contributed by atoms with E-state index in [2.05, 4.69) is 23.8 Å². The molecule has 1 aromatic carbocycles. The summed E-state index contributed by atoms with van der Waals surface area (Å²) in [6, 6.07) is 7.91. The molecule has 3 heterocycles. The number of thioether (sulfide) groups is 1. The molecule has 0 atom stereocenters. The van der Waals surface area contributed by atoms with Gasteiger partial charge in [0.25, 0.3) is 0 Å². The van der Waals surface area contributed by atoms with Crippen LogP contribution in [-0.4, -0.2) is 20.9 Å². The maximum atomic E-state index is 12.3. The number of carbonyl (C=O) groups is 1. The van der Waals surface area contributed by atoms with Crippen molar-refractivity contribution in [3.63, 3.8) is 0 Å². The lowest BCUT2D eigenvalue weighted by Crippen LogP contribution is -2.22. The number of rotatable bonds is 5. The minimum absolute atomic E-state index is 0.0494. The van der Waals surface area contributed by atoms with Crippen LogP contribution in [-0.2, 0) is 10.5 Å². The number of hydrogen-bond donors (Lipinski definition) is 0. The Morgan fingerprint density at radius 2 is 1.93 bits per heavy atom. The fourth-order valence-electron chi connectivity index (χ4n) is 3.22. The topological polar surface area (TPSA) is 59.0 Å². The lowest BCUT2D eigenvalue weighted by atomic mass is 10.2. The number of thiazole rings is 1. The van der Waals surface area contributed by atoms with Crippen LogP contribution in [0.25, 0.3) is 10.2 Å². The number of aryl methyl sites for hydroxylation is 4. The third kappa shape index (κ3) is 4.12. The van der Waals surface area contributed by atoms with Crippen molar-refractivity contribution >= 4 is 61.4 Å². The van der Waals surface area contributed by atoms with Gasteiger partial charge in [-0.05, 0) is 51.0 Å². The smallest absolute Gasteiger partial charge is 0.230 e. The molecular formula is C22H22N4OS3. The normalized spacial score (nSPS) is 11.2. The van der Waals surface area contributed by atoms with Crippen LogP contribution >= 0.6 is 34.4 Å². The van der Waals surface area contributed by atoms with E-state index in [0.29, 0.717) is 10.9 Å². The molecule has 154 valence electrons. The van der Waals surface area contributed by atoms with Crippen molar-refractivity contribution in [2.75, 3.05) is 4.90 Å². The van der Waals surface area contributed by atoms with Crippen LogP contribution in [0.3, 0.4) is 0 Å². The van der Waals surface area contributed by atoms with Crippen molar-refractivity contribution in [2.24, 2.45) is 0 Å². The summed E-state index contributed by atoms with van der Waals surface area (Å²) < 4.78 is 0. The number of thiophene rings is 1. The van der Waals surface area contributed by atoms with E-state index in [9.17, 15) is 4.79 Å². The number of aromatic nitrogens is 3. The monoisotopic (exact) mass is 454 g/mol. The molecule has 4 aromatic rings. The minimum atomic E-state index is -0.0494. The molecule has 0 aliphatic carbocycles. The van der Waals surface area contributed by atoms with E-state index in [1.807, 2.05) is 43.5 Å². The molecule has 0 unspecified atom stereocenters. The van der Waals surface area contributed by atoms with Gasteiger partial charge in [0.2, 0.25) is 5.91 Å². The summed E-state index contributed by atoms with van der Waals surface area (Å²) in [5.41, 5.74) is 4.14. The van der Waals surface area contributed by atoms with Gasteiger partial charge >= 0.3 is 0 Å². The van der Waals surface area contributed by atoms with E-state index < -0.39 is 0 Å². The molecule has 0 aliphatic rings. The summed E-state index contributed by atoms with van der Waals surface area (Å²) in [7, 11) is 0. The Morgan fingerprint density at radius 1 is 1.13 bits per heavy atom. The third-order valence-electron chi connectivity index (χ3n) is 4.77. The van der Waals surface area contributed by atoms with Crippen LogP contribution in [0.4, 0.5) is 10.8 Å². The highest BCUT2D eigenvalue weighted by Crippen LogP contribution is 2.37. The highest BCUT2D eigenvalue weighted by molar-refractivity contribution is 7.98. The molecule has 1 amide bonds. The van der Waals surface area contributed by atoms with Crippen molar-refractivity contribution in [1.29, 1.82) is 0 Å². The maximum Gasteiger partial charge on any atom is 0.230 e. The van der Waals surface area contributed by atoms with Crippen LogP contribution in [0.5, 0.6) is 0 Å². The van der Waals surface area contributed by atoms with E-state index >= 15 is 0 Å². The van der Waals surface area contributed by atoms with E-state index in [0.717, 1.165) is 38.0 Å². The first-order valence-electron chi connectivity index (χ1n) is 9.52. The first-order valence-corrected chi connectivity index (χ1v) is 12.2. The quantitative estimate of drug-likeness (QED) is 0.259. The molecule has 8 heteroatoms. The van der Waals surface area contributed by atoms with Crippen LogP contribution in [0.2, 0.25) is 0 Å². The SMILES string of the molecule is CC(=O)N(c1cccc(C)c1)c1nc(CSc2nc(C)nc3sc(C)c(C)c23)cs1. The Labute approximate surface area is 188 Å². The predicted octanol–water partition coefficient (Wildman–Crippen LogP) is 6.36. The third-order valence-corrected chi connectivity index (χ3v) is 7.75. The number of anilines is 2. The van der Waals surface area contributed by atoms with Crippen molar-refractivity contribution in [3.8, 4) is 0 Å². The Hall–Kier alpha value is -2.29. The molecule has 0 fully saturated rings. The summed E-state index contributed by atoms with van der Waals surface area (Å²) in [6.07, 6.45) is 0. The van der Waals surface area contributed by atoms with Crippen LogP contribution in [0.15, 0.2) is 34.7 Å². The van der Waals surface area contributed by atoms with Crippen molar-refractivity contribution in [1.82, 2.24) is 15.0 Å². The molecule has 30 heavy (non-hydrogen) atoms. The second-order valence-corrected chi connectivity index (χ2v) is 10.1. The van der Waals surface area contributed by atoms with Gasteiger partial charge in [0, 0.05) is 28.3 Å². The van der Waals surface area contributed by atoms with Crippen molar-refractivity contribution < 1.29 is 4.79 Å². The summed E-state index contributed by atoms with van der Waals surface area (Å²) >= 11 is 4.88. The number of benzene rings is 1. The molecule has 0 N–H and O–H groups in total. The van der Waals surface area contributed by atoms with Crippen molar-refractivity contribution in [3.05, 3.63) is 57.2 Å². The van der Waals surface area contributed by atoms with Gasteiger partial charge in [-0.2, -0.15) is 0 Å². The first-order chi connectivity index (χ1) is 14.3. The number of hydrogen-bond acceptors (Lipinski definition) is 7. The fourth-order valence-corrected chi connectivity index (χ4v) is 6.38. The van der Waals surface area contributed by atoms with Gasteiger partial charge in [0.05, 0.1) is 11.4 Å². The van der Waals surface area contributed by atoms with Gasteiger partial charge in [-0.1, -0.05) is 23.9 Å². The highest BCUT2D eigenvalue weighted by Gasteiger charge is 2.19. The number of nitrogens with zero attached hydrogens (tertiary/aromatic N) is 4. The van der Waals surface area contributed by atoms with Crippen molar-refractivity contribution in [2.45, 2.75) is 45.4 Å².